The molecule has 0 saturated carbocycles. The third-order valence-electron chi connectivity index (χ3n) is 2.84. The minimum absolute atomic E-state index is 0.0811. The lowest BCUT2D eigenvalue weighted by molar-refractivity contribution is -0.121. The Bertz CT molecular complexity index is 556. The van der Waals surface area contributed by atoms with E-state index in [4.69, 9.17) is 5.11 Å². The van der Waals surface area contributed by atoms with Gasteiger partial charge in [0.25, 0.3) is 0 Å². The minimum Gasteiger partial charge on any atom is -0.389 e. The number of aliphatic hydroxyl groups is 1. The predicted octanol–water partition coefficient (Wildman–Crippen LogP) is 3.48. The zero-order valence-corrected chi connectivity index (χ0v) is 14.1. The first kappa shape index (κ1) is 20.9. The lowest BCUT2D eigenvalue weighted by Gasteiger charge is -1.95. The SMILES string of the molecule is CCCC#CCC#CCC#CCC#CCCCCCC(=O)CO. The standard InChI is InChI=1S/C21H26O2/c1-2-3-4-5-6-7-8-9-10-11-12-13-14-15-16-17-18-19-21(23)20-22/h22H,2-3,6,9,12,15-20H2,1H3. The Morgan fingerprint density at radius 1 is 0.739 bits per heavy atom. The Labute approximate surface area is 141 Å². The van der Waals surface area contributed by atoms with E-state index in [9.17, 15) is 4.79 Å². The molecule has 0 atom stereocenters. The van der Waals surface area contributed by atoms with Crippen LogP contribution < -0.4 is 0 Å². The fraction of sp³-hybridized carbons (Fsp3) is 0.571. The van der Waals surface area contributed by atoms with Crippen molar-refractivity contribution in [2.45, 2.75) is 71.1 Å². The van der Waals surface area contributed by atoms with Gasteiger partial charge in [-0.2, -0.15) is 0 Å². The molecule has 0 aliphatic heterocycles. The Morgan fingerprint density at radius 2 is 1.26 bits per heavy atom. The lowest BCUT2D eigenvalue weighted by atomic mass is 10.1. The second-order valence-electron chi connectivity index (χ2n) is 4.95. The van der Waals surface area contributed by atoms with Crippen molar-refractivity contribution in [1.29, 1.82) is 0 Å². The second kappa shape index (κ2) is 17.9. The van der Waals surface area contributed by atoms with Crippen molar-refractivity contribution in [2.24, 2.45) is 0 Å². The normalized spacial score (nSPS) is 8.26. The van der Waals surface area contributed by atoms with Crippen LogP contribution in [0.2, 0.25) is 0 Å². The first-order valence-corrected chi connectivity index (χ1v) is 8.26. The smallest absolute Gasteiger partial charge is 0.158 e. The molecule has 1 N–H and O–H groups in total. The maximum Gasteiger partial charge on any atom is 0.158 e. The summed E-state index contributed by atoms with van der Waals surface area (Å²) in [5.41, 5.74) is 0. The second-order valence-corrected chi connectivity index (χ2v) is 4.95. The fourth-order valence-electron chi connectivity index (χ4n) is 1.60. The summed E-state index contributed by atoms with van der Waals surface area (Å²) in [4.78, 5) is 10.9. The fourth-order valence-corrected chi connectivity index (χ4v) is 1.60. The van der Waals surface area contributed by atoms with Crippen molar-refractivity contribution in [3.8, 4) is 47.4 Å². The van der Waals surface area contributed by atoms with Gasteiger partial charge in [-0.3, -0.25) is 4.79 Å². The molecule has 0 amide bonds. The molecular formula is C21H26O2. The van der Waals surface area contributed by atoms with Crippen LogP contribution in [0.4, 0.5) is 0 Å². The molecule has 2 heteroatoms. The summed E-state index contributed by atoms with van der Waals surface area (Å²) >= 11 is 0. The summed E-state index contributed by atoms with van der Waals surface area (Å²) in [7, 11) is 0. The topological polar surface area (TPSA) is 37.3 Å². The molecule has 122 valence electrons. The van der Waals surface area contributed by atoms with Crippen LogP contribution in [-0.4, -0.2) is 17.5 Å². The summed E-state index contributed by atoms with van der Waals surface area (Å²) in [6.07, 6.45) is 7.94. The van der Waals surface area contributed by atoms with E-state index in [1.54, 1.807) is 0 Å². The molecule has 0 aromatic rings. The molecule has 0 radical (unpaired) electrons. The van der Waals surface area contributed by atoms with Crippen LogP contribution in [0.3, 0.4) is 0 Å². The van der Waals surface area contributed by atoms with E-state index in [1.807, 2.05) is 0 Å². The molecule has 0 aliphatic carbocycles. The Hall–Kier alpha value is -2.13. The highest BCUT2D eigenvalue weighted by Gasteiger charge is 1.97. The highest BCUT2D eigenvalue weighted by Crippen LogP contribution is 2.02. The number of Topliss-reactive ketones (excluding diaryl/α,β-unsaturated/α-hetero) is 1. The molecule has 23 heavy (non-hydrogen) atoms. The van der Waals surface area contributed by atoms with Gasteiger partial charge in [-0.25, -0.2) is 0 Å². The molecule has 0 unspecified atom stereocenters. The average Bonchev–Trinajstić information content (AvgIpc) is 2.57. The molecular weight excluding hydrogens is 284 g/mol. The van der Waals surface area contributed by atoms with Crippen molar-refractivity contribution >= 4 is 5.78 Å². The number of rotatable bonds is 7. The van der Waals surface area contributed by atoms with E-state index in [-0.39, 0.29) is 12.4 Å². The van der Waals surface area contributed by atoms with Gasteiger partial charge in [-0.05, 0) is 19.3 Å². The zero-order chi connectivity index (χ0) is 17.0. The van der Waals surface area contributed by atoms with Gasteiger partial charge in [0.1, 0.15) is 6.61 Å². The van der Waals surface area contributed by atoms with Crippen LogP contribution in [0, 0.1) is 47.4 Å². The molecule has 0 aliphatic rings. The van der Waals surface area contributed by atoms with Crippen molar-refractivity contribution in [1.82, 2.24) is 0 Å². The molecule has 0 saturated heterocycles. The van der Waals surface area contributed by atoms with Crippen LogP contribution in [0.5, 0.6) is 0 Å². The number of hydrogen-bond acceptors (Lipinski definition) is 2. The number of aliphatic hydroxyl groups excluding tert-OH is 1. The molecule has 0 spiro atoms. The van der Waals surface area contributed by atoms with E-state index in [0.29, 0.717) is 25.7 Å². The molecule has 2 nitrogen and oxygen atoms in total. The first-order chi connectivity index (χ1) is 11.3. The Morgan fingerprint density at radius 3 is 1.78 bits per heavy atom. The minimum atomic E-state index is -0.338. The quantitative estimate of drug-likeness (QED) is 0.577. The number of carbonyl (C=O) groups excluding carboxylic acids is 1. The van der Waals surface area contributed by atoms with E-state index in [2.05, 4.69) is 54.3 Å². The third-order valence-corrected chi connectivity index (χ3v) is 2.84. The monoisotopic (exact) mass is 310 g/mol. The van der Waals surface area contributed by atoms with Crippen LogP contribution in [0.1, 0.15) is 71.1 Å². The number of unbranched alkanes of at least 4 members (excludes halogenated alkanes) is 4. The molecule has 0 aromatic heterocycles. The van der Waals surface area contributed by atoms with Crippen molar-refractivity contribution < 1.29 is 9.90 Å². The molecule has 0 bridgehead atoms. The maximum absolute atomic E-state index is 10.9. The summed E-state index contributed by atoms with van der Waals surface area (Å²) in [6, 6.07) is 0. The van der Waals surface area contributed by atoms with Crippen molar-refractivity contribution in [2.75, 3.05) is 6.61 Å². The van der Waals surface area contributed by atoms with Crippen LogP contribution >= 0.6 is 0 Å². The highest BCUT2D eigenvalue weighted by atomic mass is 16.3. The van der Waals surface area contributed by atoms with Gasteiger partial charge in [0.15, 0.2) is 5.78 Å². The third kappa shape index (κ3) is 17.8. The zero-order valence-electron chi connectivity index (χ0n) is 14.1. The van der Waals surface area contributed by atoms with Gasteiger partial charge >= 0.3 is 0 Å². The molecule has 0 aromatic carbocycles. The summed E-state index contributed by atoms with van der Waals surface area (Å²) < 4.78 is 0. The molecule has 0 heterocycles. The Balaban J connectivity index is 3.54. The Kier molecular flexibility index (Phi) is 16.3. The van der Waals surface area contributed by atoms with E-state index >= 15 is 0 Å². The number of carbonyl (C=O) groups is 1. The van der Waals surface area contributed by atoms with E-state index < -0.39 is 0 Å². The maximum atomic E-state index is 10.9. The van der Waals surface area contributed by atoms with Gasteiger partial charge in [0.2, 0.25) is 0 Å². The van der Waals surface area contributed by atoms with E-state index in [1.165, 1.54) is 0 Å². The first-order valence-electron chi connectivity index (χ1n) is 8.26. The average molecular weight is 310 g/mol. The summed E-state index contributed by atoms with van der Waals surface area (Å²) in [6.45, 7) is 1.77. The summed E-state index contributed by atoms with van der Waals surface area (Å²) in [5, 5.41) is 8.57. The molecule has 0 rings (SSSR count). The lowest BCUT2D eigenvalue weighted by Crippen LogP contribution is -2.02. The van der Waals surface area contributed by atoms with Crippen LogP contribution in [-0.2, 0) is 4.79 Å². The van der Waals surface area contributed by atoms with Gasteiger partial charge in [0, 0.05) is 19.3 Å². The summed E-state index contributed by atoms with van der Waals surface area (Å²) in [5.74, 6) is 24.0. The van der Waals surface area contributed by atoms with Gasteiger partial charge in [0.05, 0.1) is 19.3 Å². The van der Waals surface area contributed by atoms with Crippen molar-refractivity contribution in [3.05, 3.63) is 0 Å². The predicted molar refractivity (Wildman–Crippen MR) is 95.0 cm³/mol. The van der Waals surface area contributed by atoms with Crippen molar-refractivity contribution in [3.63, 3.8) is 0 Å². The van der Waals surface area contributed by atoms with E-state index in [0.717, 1.165) is 38.5 Å². The van der Waals surface area contributed by atoms with Gasteiger partial charge in [-0.1, -0.05) is 48.9 Å². The number of hydrogen-bond donors (Lipinski definition) is 1. The largest absolute Gasteiger partial charge is 0.389 e. The number of ketones is 1. The van der Waals surface area contributed by atoms with Gasteiger partial charge in [-0.15, -0.1) is 11.8 Å². The molecule has 0 fully saturated rings. The van der Waals surface area contributed by atoms with Gasteiger partial charge < -0.3 is 5.11 Å². The van der Waals surface area contributed by atoms with Crippen LogP contribution in [0.25, 0.3) is 0 Å². The van der Waals surface area contributed by atoms with Crippen LogP contribution in [0.15, 0.2) is 0 Å². The highest BCUT2D eigenvalue weighted by molar-refractivity contribution is 5.79.